The Morgan fingerprint density at radius 1 is 1.07 bits per heavy atom. The molecule has 5 nitrogen and oxygen atoms in total. The van der Waals surface area contributed by atoms with Crippen molar-refractivity contribution in [3.05, 3.63) is 72.7 Å². The van der Waals surface area contributed by atoms with Crippen LogP contribution in [0.3, 0.4) is 0 Å². The Kier molecular flexibility index (Phi) is 4.42. The topological polar surface area (TPSA) is 51.5 Å². The van der Waals surface area contributed by atoms with Crippen molar-refractivity contribution in [1.29, 1.82) is 0 Å². The number of fused-ring (bicyclic) bond motifs is 1. The second kappa shape index (κ2) is 7.03. The van der Waals surface area contributed by atoms with E-state index in [2.05, 4.69) is 20.0 Å². The summed E-state index contributed by atoms with van der Waals surface area (Å²) >= 11 is 0. The molecular formula is C20H16F2N4O. The van der Waals surface area contributed by atoms with Crippen LogP contribution in [0.5, 0.6) is 5.75 Å². The third kappa shape index (κ3) is 3.57. The molecule has 0 aliphatic rings. The molecule has 0 aliphatic carbocycles. The van der Waals surface area contributed by atoms with E-state index in [1.807, 2.05) is 41.8 Å². The highest BCUT2D eigenvalue weighted by molar-refractivity contribution is 5.74. The van der Waals surface area contributed by atoms with Gasteiger partial charge in [-0.25, -0.2) is 9.97 Å². The fourth-order valence-corrected chi connectivity index (χ4v) is 2.89. The normalized spacial score (nSPS) is 11.1. The smallest absolute Gasteiger partial charge is 0.387 e. The van der Waals surface area contributed by atoms with E-state index in [4.69, 9.17) is 0 Å². The Hall–Kier alpha value is -3.48. The molecule has 2 heterocycles. The summed E-state index contributed by atoms with van der Waals surface area (Å²) in [7, 11) is 0. The highest BCUT2D eigenvalue weighted by atomic mass is 19.3. The summed E-state index contributed by atoms with van der Waals surface area (Å²) in [6.45, 7) is -0.818. The number of nitrogens with one attached hydrogen (secondary N) is 1. The van der Waals surface area contributed by atoms with Crippen LogP contribution in [0.2, 0.25) is 0 Å². The average molecular weight is 366 g/mol. The number of nitrogens with zero attached hydrogens (tertiary/aromatic N) is 3. The summed E-state index contributed by atoms with van der Waals surface area (Å²) in [6.07, 6.45) is 5.22. The van der Waals surface area contributed by atoms with Crippen molar-refractivity contribution in [2.24, 2.45) is 0 Å². The molecule has 0 fully saturated rings. The number of imidazole rings is 1. The largest absolute Gasteiger partial charge is 0.435 e. The van der Waals surface area contributed by atoms with Gasteiger partial charge in [-0.15, -0.1) is 0 Å². The number of aromatic nitrogens is 3. The fraction of sp³-hybridized carbons (Fsp3) is 0.100. The molecule has 2 aromatic heterocycles. The number of hydrogen-bond acceptors (Lipinski definition) is 4. The lowest BCUT2D eigenvalue weighted by Gasteiger charge is -2.09. The molecule has 27 heavy (non-hydrogen) atoms. The number of hydrogen-bond donors (Lipinski definition) is 1. The van der Waals surface area contributed by atoms with E-state index in [9.17, 15) is 8.78 Å². The molecule has 0 saturated heterocycles. The van der Waals surface area contributed by atoms with Crippen LogP contribution in [-0.2, 0) is 0 Å². The number of alkyl halides is 2. The number of rotatable bonds is 5. The van der Waals surface area contributed by atoms with E-state index in [1.165, 1.54) is 12.1 Å². The van der Waals surface area contributed by atoms with Gasteiger partial charge >= 0.3 is 6.61 Å². The lowest BCUT2D eigenvalue weighted by Crippen LogP contribution is -2.01. The number of anilines is 2. The van der Waals surface area contributed by atoms with Crippen molar-refractivity contribution in [2.75, 3.05) is 5.32 Å². The van der Waals surface area contributed by atoms with Crippen LogP contribution in [0, 0.1) is 6.92 Å². The molecule has 4 rings (SSSR count). The molecule has 0 saturated carbocycles. The molecule has 1 N–H and O–H groups in total. The van der Waals surface area contributed by atoms with Crippen molar-refractivity contribution in [2.45, 2.75) is 13.5 Å². The van der Waals surface area contributed by atoms with Crippen LogP contribution in [0.1, 0.15) is 5.56 Å². The number of benzene rings is 2. The molecule has 0 radical (unpaired) electrons. The van der Waals surface area contributed by atoms with Crippen LogP contribution in [-0.4, -0.2) is 21.0 Å². The third-order valence-electron chi connectivity index (χ3n) is 4.08. The Bertz CT molecular complexity index is 1080. The maximum Gasteiger partial charge on any atom is 0.387 e. The highest BCUT2D eigenvalue weighted by Crippen LogP contribution is 2.27. The van der Waals surface area contributed by atoms with Gasteiger partial charge in [0.15, 0.2) is 11.5 Å². The molecule has 0 aliphatic heterocycles. The zero-order chi connectivity index (χ0) is 18.8. The van der Waals surface area contributed by atoms with Crippen LogP contribution in [0.25, 0.3) is 16.9 Å². The quantitative estimate of drug-likeness (QED) is 0.537. The molecule has 136 valence electrons. The van der Waals surface area contributed by atoms with Gasteiger partial charge in [0.2, 0.25) is 0 Å². The van der Waals surface area contributed by atoms with E-state index in [0.717, 1.165) is 22.5 Å². The molecule has 0 spiro atoms. The zero-order valence-corrected chi connectivity index (χ0v) is 14.4. The first kappa shape index (κ1) is 17.0. The van der Waals surface area contributed by atoms with Crippen LogP contribution in [0.4, 0.5) is 20.3 Å². The van der Waals surface area contributed by atoms with Gasteiger partial charge in [0.1, 0.15) is 5.75 Å². The summed E-state index contributed by atoms with van der Waals surface area (Å²) in [5.41, 5.74) is 4.39. The summed E-state index contributed by atoms with van der Waals surface area (Å²) < 4.78 is 30.9. The number of ether oxygens (including phenoxy) is 1. The summed E-state index contributed by atoms with van der Waals surface area (Å²) in [6, 6.07) is 14.4. The first-order valence-electron chi connectivity index (χ1n) is 8.31. The molecule has 0 amide bonds. The predicted octanol–water partition coefficient (Wildman–Crippen LogP) is 5.05. The average Bonchev–Trinajstić information content (AvgIpc) is 3.07. The Labute approximate surface area is 154 Å². The monoisotopic (exact) mass is 366 g/mol. The SMILES string of the molecule is Cc1cccc(Nc2nccn3c(-c4ccc(OC(F)F)cc4)cnc23)c1. The van der Waals surface area contributed by atoms with Crippen LogP contribution < -0.4 is 10.1 Å². The fourth-order valence-electron chi connectivity index (χ4n) is 2.89. The first-order valence-corrected chi connectivity index (χ1v) is 8.31. The Balaban J connectivity index is 1.68. The molecule has 2 aromatic carbocycles. The van der Waals surface area contributed by atoms with Gasteiger partial charge in [-0.05, 0) is 48.9 Å². The standard InChI is InChI=1S/C20H16F2N4O/c1-13-3-2-4-15(11-13)25-18-19-24-12-17(26(19)10-9-23-18)14-5-7-16(8-6-14)27-20(21)22/h2-12,20H,1H3,(H,23,25). The van der Waals surface area contributed by atoms with E-state index in [0.29, 0.717) is 11.5 Å². The van der Waals surface area contributed by atoms with Crippen LogP contribution >= 0.6 is 0 Å². The van der Waals surface area contributed by atoms with Crippen molar-refractivity contribution >= 4 is 17.2 Å². The number of aryl methyl sites for hydroxylation is 1. The molecule has 7 heteroatoms. The molecule has 4 aromatic rings. The summed E-state index contributed by atoms with van der Waals surface area (Å²) in [4.78, 5) is 8.86. The van der Waals surface area contributed by atoms with Gasteiger partial charge in [0.05, 0.1) is 11.9 Å². The second-order valence-electron chi connectivity index (χ2n) is 6.01. The van der Waals surface area contributed by atoms with E-state index < -0.39 is 6.61 Å². The predicted molar refractivity (Wildman–Crippen MR) is 99.5 cm³/mol. The van der Waals surface area contributed by atoms with Gasteiger partial charge in [-0.2, -0.15) is 8.78 Å². The molecule has 0 bridgehead atoms. The van der Waals surface area contributed by atoms with Gasteiger partial charge in [0, 0.05) is 23.6 Å². The van der Waals surface area contributed by atoms with Crippen molar-refractivity contribution in [3.8, 4) is 17.0 Å². The van der Waals surface area contributed by atoms with Gasteiger partial charge in [-0.3, -0.25) is 4.40 Å². The maximum absolute atomic E-state index is 12.3. The van der Waals surface area contributed by atoms with E-state index in [-0.39, 0.29) is 5.75 Å². The van der Waals surface area contributed by atoms with Crippen LogP contribution in [0.15, 0.2) is 67.1 Å². The maximum atomic E-state index is 12.3. The summed E-state index contributed by atoms with van der Waals surface area (Å²) in [5, 5.41) is 3.29. The van der Waals surface area contributed by atoms with Crippen molar-refractivity contribution in [1.82, 2.24) is 14.4 Å². The highest BCUT2D eigenvalue weighted by Gasteiger charge is 2.11. The van der Waals surface area contributed by atoms with E-state index >= 15 is 0 Å². The van der Waals surface area contributed by atoms with Gasteiger partial charge in [0.25, 0.3) is 0 Å². The number of halogens is 2. The minimum Gasteiger partial charge on any atom is -0.435 e. The third-order valence-corrected chi connectivity index (χ3v) is 4.08. The zero-order valence-electron chi connectivity index (χ0n) is 14.4. The van der Waals surface area contributed by atoms with E-state index in [1.54, 1.807) is 24.5 Å². The lowest BCUT2D eigenvalue weighted by atomic mass is 10.1. The lowest BCUT2D eigenvalue weighted by molar-refractivity contribution is -0.0498. The van der Waals surface area contributed by atoms with Crippen molar-refractivity contribution in [3.63, 3.8) is 0 Å². The summed E-state index contributed by atoms with van der Waals surface area (Å²) in [5.74, 6) is 0.748. The minimum absolute atomic E-state index is 0.117. The second-order valence-corrected chi connectivity index (χ2v) is 6.01. The minimum atomic E-state index is -2.84. The Morgan fingerprint density at radius 2 is 1.89 bits per heavy atom. The van der Waals surface area contributed by atoms with Crippen molar-refractivity contribution < 1.29 is 13.5 Å². The van der Waals surface area contributed by atoms with Gasteiger partial charge < -0.3 is 10.1 Å². The molecule has 0 atom stereocenters. The first-order chi connectivity index (χ1) is 13.1. The molecule has 0 unspecified atom stereocenters. The Morgan fingerprint density at radius 3 is 2.63 bits per heavy atom. The molecular weight excluding hydrogens is 350 g/mol. The van der Waals surface area contributed by atoms with Gasteiger partial charge in [-0.1, -0.05) is 12.1 Å².